The number of rotatable bonds is 7. The van der Waals surface area contributed by atoms with Crippen molar-refractivity contribution in [3.05, 3.63) is 65.7 Å². The summed E-state index contributed by atoms with van der Waals surface area (Å²) in [5.74, 6) is 1.08. The molecule has 0 bridgehead atoms. The van der Waals surface area contributed by atoms with Crippen LogP contribution < -0.4 is 21.1 Å². The lowest BCUT2D eigenvalue weighted by atomic mass is 10.0. The van der Waals surface area contributed by atoms with Crippen LogP contribution >= 0.6 is 11.6 Å². The van der Waals surface area contributed by atoms with Crippen LogP contribution in [0.25, 0.3) is 22.0 Å². The van der Waals surface area contributed by atoms with Crippen LogP contribution in [0.4, 0.5) is 22.0 Å². The number of nitrogen functional groups attached to an aromatic ring is 1. The van der Waals surface area contributed by atoms with Gasteiger partial charge in [0.15, 0.2) is 5.82 Å². The number of likely N-dealkylation sites (N-methyl/N-ethyl adjacent to an activating group) is 1. The Bertz CT molecular complexity index is 1290. The number of carbonyl (C=O) groups is 1. The van der Waals surface area contributed by atoms with Gasteiger partial charge in [-0.05, 0) is 67.7 Å². The van der Waals surface area contributed by atoms with Crippen molar-refractivity contribution in [1.82, 2.24) is 15.1 Å². The molecule has 8 nitrogen and oxygen atoms in total. The van der Waals surface area contributed by atoms with Gasteiger partial charge in [-0.15, -0.1) is 0 Å². The second-order valence-corrected chi connectivity index (χ2v) is 8.26. The molecule has 33 heavy (non-hydrogen) atoms. The van der Waals surface area contributed by atoms with Gasteiger partial charge in [0.2, 0.25) is 0 Å². The molecule has 0 atom stereocenters. The number of nitrogens with zero attached hydrogens (tertiary/aromatic N) is 3. The minimum Gasteiger partial charge on any atom is -0.490 e. The standard InChI is InChI=1S/C24H25ClN6O2/c1-30(2)12-13-33-20-11-10-19(21-22(20)28-29-23(21)26)15-6-8-17(9-7-15)31(24(27)32)18-5-3-4-16(25)14-18/h3-11,14H,12-13H2,1-2H3,(H2,27,32)(H3,26,28,29). The van der Waals surface area contributed by atoms with Crippen molar-refractivity contribution in [1.29, 1.82) is 0 Å². The Morgan fingerprint density at radius 3 is 2.52 bits per heavy atom. The zero-order chi connectivity index (χ0) is 23.5. The van der Waals surface area contributed by atoms with Crippen molar-refractivity contribution in [3.8, 4) is 16.9 Å². The Labute approximate surface area is 196 Å². The molecule has 5 N–H and O–H groups in total. The summed E-state index contributed by atoms with van der Waals surface area (Å²) in [6, 6.07) is 17.7. The quantitative estimate of drug-likeness (QED) is 0.369. The van der Waals surface area contributed by atoms with E-state index in [4.69, 9.17) is 27.8 Å². The van der Waals surface area contributed by atoms with Gasteiger partial charge < -0.3 is 21.1 Å². The maximum atomic E-state index is 12.2. The lowest BCUT2D eigenvalue weighted by molar-refractivity contribution is 0.256. The molecular weight excluding hydrogens is 440 g/mol. The molecule has 1 heterocycles. The summed E-state index contributed by atoms with van der Waals surface area (Å²) in [4.78, 5) is 15.6. The van der Waals surface area contributed by atoms with E-state index in [1.54, 1.807) is 24.3 Å². The monoisotopic (exact) mass is 464 g/mol. The molecule has 4 aromatic rings. The number of aromatic amines is 1. The van der Waals surface area contributed by atoms with E-state index in [9.17, 15) is 4.79 Å². The molecule has 9 heteroatoms. The number of benzene rings is 3. The number of aromatic nitrogens is 2. The molecule has 2 amide bonds. The minimum absolute atomic E-state index is 0.389. The molecular formula is C24H25ClN6O2. The molecule has 1 aromatic heterocycles. The normalized spacial score (nSPS) is 11.2. The third kappa shape index (κ3) is 4.72. The van der Waals surface area contributed by atoms with Gasteiger partial charge in [-0.2, -0.15) is 5.10 Å². The average molecular weight is 465 g/mol. The molecule has 0 aliphatic heterocycles. The van der Waals surface area contributed by atoms with Crippen LogP contribution in [0.3, 0.4) is 0 Å². The number of fused-ring (bicyclic) bond motifs is 1. The number of hydrogen-bond donors (Lipinski definition) is 3. The van der Waals surface area contributed by atoms with Gasteiger partial charge in [0.25, 0.3) is 0 Å². The minimum atomic E-state index is -0.606. The summed E-state index contributed by atoms with van der Waals surface area (Å²) in [6.45, 7) is 1.33. The zero-order valence-electron chi connectivity index (χ0n) is 18.4. The number of carbonyl (C=O) groups excluding carboxylic acids is 1. The number of amides is 2. The maximum Gasteiger partial charge on any atom is 0.323 e. The topological polar surface area (TPSA) is 114 Å². The first-order valence-electron chi connectivity index (χ1n) is 10.3. The van der Waals surface area contributed by atoms with Gasteiger partial charge in [0.1, 0.15) is 17.9 Å². The molecule has 0 saturated heterocycles. The van der Waals surface area contributed by atoms with Gasteiger partial charge in [-0.25, -0.2) is 4.79 Å². The number of urea groups is 1. The molecule has 0 aliphatic carbocycles. The molecule has 3 aromatic carbocycles. The molecule has 0 spiro atoms. The fourth-order valence-corrected chi connectivity index (χ4v) is 3.83. The van der Waals surface area contributed by atoms with Gasteiger partial charge in [-0.3, -0.25) is 10.00 Å². The number of hydrogen-bond acceptors (Lipinski definition) is 5. The molecule has 4 rings (SSSR count). The Morgan fingerprint density at radius 2 is 1.85 bits per heavy atom. The van der Waals surface area contributed by atoms with Crippen LogP contribution in [0.15, 0.2) is 60.7 Å². The van der Waals surface area contributed by atoms with Crippen LogP contribution in [0.1, 0.15) is 0 Å². The first kappa shape index (κ1) is 22.4. The van der Waals surface area contributed by atoms with E-state index in [1.807, 2.05) is 55.4 Å². The predicted octanol–water partition coefficient (Wildman–Crippen LogP) is 4.62. The summed E-state index contributed by atoms with van der Waals surface area (Å²) in [6.07, 6.45) is 0. The molecule has 0 unspecified atom stereocenters. The van der Waals surface area contributed by atoms with Crippen molar-refractivity contribution in [3.63, 3.8) is 0 Å². The third-order valence-corrected chi connectivity index (χ3v) is 5.47. The highest BCUT2D eigenvalue weighted by atomic mass is 35.5. The van der Waals surface area contributed by atoms with Crippen molar-refractivity contribution in [2.45, 2.75) is 0 Å². The Morgan fingerprint density at radius 1 is 1.09 bits per heavy atom. The average Bonchev–Trinajstić information content (AvgIpc) is 3.16. The van der Waals surface area contributed by atoms with Crippen molar-refractivity contribution < 1.29 is 9.53 Å². The largest absolute Gasteiger partial charge is 0.490 e. The second kappa shape index (κ2) is 9.40. The van der Waals surface area contributed by atoms with E-state index in [-0.39, 0.29) is 0 Å². The number of nitrogens with two attached hydrogens (primary N) is 2. The van der Waals surface area contributed by atoms with Crippen LogP contribution in [0, 0.1) is 0 Å². The fraction of sp³-hybridized carbons (Fsp3) is 0.167. The number of halogens is 1. The van der Waals surface area contributed by atoms with Crippen LogP contribution in [0.2, 0.25) is 5.02 Å². The number of ether oxygens (including phenoxy) is 1. The van der Waals surface area contributed by atoms with E-state index in [1.165, 1.54) is 4.90 Å². The van der Waals surface area contributed by atoms with Gasteiger partial charge in [0.05, 0.1) is 16.8 Å². The van der Waals surface area contributed by atoms with Crippen molar-refractivity contribution in [2.75, 3.05) is 37.9 Å². The highest BCUT2D eigenvalue weighted by Crippen LogP contribution is 2.37. The first-order valence-corrected chi connectivity index (χ1v) is 10.7. The summed E-state index contributed by atoms with van der Waals surface area (Å²) in [7, 11) is 3.98. The van der Waals surface area contributed by atoms with Crippen LogP contribution in [-0.4, -0.2) is 48.4 Å². The lowest BCUT2D eigenvalue weighted by Gasteiger charge is -2.21. The van der Waals surface area contributed by atoms with E-state index in [2.05, 4.69) is 10.2 Å². The molecule has 0 fully saturated rings. The summed E-state index contributed by atoms with van der Waals surface area (Å²) < 4.78 is 5.93. The number of nitrogens with one attached hydrogen (secondary N) is 1. The molecule has 0 radical (unpaired) electrons. The third-order valence-electron chi connectivity index (χ3n) is 5.23. The van der Waals surface area contributed by atoms with Gasteiger partial charge in [-0.1, -0.05) is 29.8 Å². The predicted molar refractivity (Wildman–Crippen MR) is 133 cm³/mol. The number of H-pyrrole nitrogens is 1. The van der Waals surface area contributed by atoms with Crippen molar-refractivity contribution in [2.24, 2.45) is 5.73 Å². The van der Waals surface area contributed by atoms with E-state index in [0.29, 0.717) is 34.6 Å². The van der Waals surface area contributed by atoms with Crippen LogP contribution in [0.5, 0.6) is 5.75 Å². The van der Waals surface area contributed by atoms with Crippen molar-refractivity contribution >= 4 is 45.7 Å². The summed E-state index contributed by atoms with van der Waals surface area (Å²) >= 11 is 6.09. The smallest absolute Gasteiger partial charge is 0.323 e. The first-order chi connectivity index (χ1) is 15.8. The Hall–Kier alpha value is -3.75. The molecule has 0 saturated carbocycles. The fourth-order valence-electron chi connectivity index (χ4n) is 3.64. The molecule has 170 valence electrons. The number of anilines is 3. The SMILES string of the molecule is CN(C)CCOc1ccc(-c2ccc(N(C(N)=O)c3cccc(Cl)c3)cc2)c2c(N)n[nH]c12. The Balaban J connectivity index is 1.68. The summed E-state index contributed by atoms with van der Waals surface area (Å²) in [5, 5.41) is 8.46. The van der Waals surface area contributed by atoms with Crippen LogP contribution in [-0.2, 0) is 0 Å². The van der Waals surface area contributed by atoms with E-state index in [0.717, 1.165) is 28.6 Å². The van der Waals surface area contributed by atoms with Gasteiger partial charge in [0, 0.05) is 11.6 Å². The second-order valence-electron chi connectivity index (χ2n) is 7.82. The lowest BCUT2D eigenvalue weighted by Crippen LogP contribution is -2.31. The molecule has 0 aliphatic rings. The van der Waals surface area contributed by atoms with E-state index < -0.39 is 6.03 Å². The zero-order valence-corrected chi connectivity index (χ0v) is 19.1. The van der Waals surface area contributed by atoms with E-state index >= 15 is 0 Å². The Kier molecular flexibility index (Phi) is 6.39. The maximum absolute atomic E-state index is 12.2. The highest BCUT2D eigenvalue weighted by Gasteiger charge is 2.18. The highest BCUT2D eigenvalue weighted by molar-refractivity contribution is 6.31. The summed E-state index contributed by atoms with van der Waals surface area (Å²) in [5.41, 5.74) is 15.6. The van der Waals surface area contributed by atoms with Gasteiger partial charge >= 0.3 is 6.03 Å². The number of primary amides is 1.